The molecule has 0 saturated heterocycles. The molecule has 168 valence electrons. The first-order valence-corrected chi connectivity index (χ1v) is 12.1. The number of nitrogens with zero attached hydrogens (tertiary/aromatic N) is 4. The predicted molar refractivity (Wildman–Crippen MR) is 131 cm³/mol. The average molecular weight is 430 g/mol. The number of fused-ring (bicyclic) bond motifs is 1. The molecule has 32 heavy (non-hydrogen) atoms. The highest BCUT2D eigenvalue weighted by atomic mass is 15.2. The number of aromatic nitrogens is 2. The van der Waals surface area contributed by atoms with Gasteiger partial charge in [-0.1, -0.05) is 32.1 Å². The smallest absolute Gasteiger partial charge is 0.136 e. The molecule has 1 aliphatic carbocycles. The molecule has 2 N–H and O–H groups in total. The third-order valence-electron chi connectivity index (χ3n) is 7.08. The number of rotatable bonds is 6. The van der Waals surface area contributed by atoms with Crippen LogP contribution in [0, 0.1) is 16.7 Å². The number of aryl methyl sites for hydroxylation is 2. The van der Waals surface area contributed by atoms with Gasteiger partial charge < -0.3 is 10.6 Å². The summed E-state index contributed by atoms with van der Waals surface area (Å²) in [5.74, 6) is 2.16. The molecule has 2 heterocycles. The maximum absolute atomic E-state index is 9.23. The van der Waals surface area contributed by atoms with Gasteiger partial charge in [-0.2, -0.15) is 5.26 Å². The molecule has 1 unspecified atom stereocenters. The Morgan fingerprint density at radius 2 is 2.12 bits per heavy atom. The summed E-state index contributed by atoms with van der Waals surface area (Å²) in [4.78, 5) is 12.4. The number of benzene rings is 1. The molecule has 4 rings (SSSR count). The molecule has 0 saturated carbocycles. The first-order valence-electron chi connectivity index (χ1n) is 12.1. The van der Waals surface area contributed by atoms with Crippen LogP contribution in [0.3, 0.4) is 0 Å². The Hall–Kier alpha value is -2.87. The van der Waals surface area contributed by atoms with E-state index in [9.17, 15) is 5.26 Å². The minimum atomic E-state index is 0.258. The lowest BCUT2D eigenvalue weighted by atomic mass is 9.71. The van der Waals surface area contributed by atoms with Crippen LogP contribution in [0.1, 0.15) is 74.2 Å². The van der Waals surface area contributed by atoms with Crippen LogP contribution >= 0.6 is 0 Å². The zero-order valence-corrected chi connectivity index (χ0v) is 19.5. The van der Waals surface area contributed by atoms with Gasteiger partial charge in [-0.3, -0.25) is 0 Å². The largest absolute Gasteiger partial charge is 0.398 e. The Morgan fingerprint density at radius 3 is 2.94 bits per heavy atom. The zero-order chi connectivity index (χ0) is 22.6. The molecule has 2 aliphatic rings. The fraction of sp³-hybridized carbons (Fsp3) is 0.519. The number of nitrogen functional groups attached to an aromatic ring is 1. The maximum Gasteiger partial charge on any atom is 0.136 e. The molecule has 5 heteroatoms. The normalized spacial score (nSPS) is 20.5. The lowest BCUT2D eigenvalue weighted by Crippen LogP contribution is -2.32. The molecule has 0 bridgehead atoms. The Balaban J connectivity index is 1.48. The summed E-state index contributed by atoms with van der Waals surface area (Å²) >= 11 is 0. The molecule has 0 amide bonds. The van der Waals surface area contributed by atoms with Gasteiger partial charge in [-0.05, 0) is 74.5 Å². The molecule has 0 fully saturated rings. The Kier molecular flexibility index (Phi) is 6.79. The molecular formula is C27H35N5. The SMILES string of the molecule is CCc1nc2c(c(N3CC=CCCC3)n1)CCC(C)(CCCc1ccc(N)c(C#N)c1)C2. The third kappa shape index (κ3) is 4.96. The van der Waals surface area contributed by atoms with Gasteiger partial charge in [0.2, 0.25) is 0 Å². The van der Waals surface area contributed by atoms with E-state index in [0.29, 0.717) is 11.3 Å². The van der Waals surface area contributed by atoms with Gasteiger partial charge in [-0.25, -0.2) is 9.97 Å². The highest BCUT2D eigenvalue weighted by Crippen LogP contribution is 2.41. The van der Waals surface area contributed by atoms with Gasteiger partial charge in [0.05, 0.1) is 5.56 Å². The molecular weight excluding hydrogens is 394 g/mol. The standard InChI is InChI=1S/C27H35N5/c1-3-25-30-24-18-27(2,13-8-9-20-10-11-23(29)21(17-20)19-28)14-12-22(24)26(31-25)32-15-6-4-5-7-16-32/h4,6,10-11,17H,3,5,7-9,12-16,18,29H2,1-2H3. The topological polar surface area (TPSA) is 78.8 Å². The van der Waals surface area contributed by atoms with Crippen LogP contribution in [0.4, 0.5) is 11.5 Å². The van der Waals surface area contributed by atoms with E-state index in [1.807, 2.05) is 12.1 Å². The van der Waals surface area contributed by atoms with E-state index in [0.717, 1.165) is 63.9 Å². The maximum atomic E-state index is 9.23. The van der Waals surface area contributed by atoms with E-state index in [-0.39, 0.29) is 5.41 Å². The summed E-state index contributed by atoms with van der Waals surface area (Å²) in [6.07, 6.45) is 14.3. The van der Waals surface area contributed by atoms with E-state index in [1.165, 1.54) is 35.5 Å². The van der Waals surface area contributed by atoms with E-state index >= 15 is 0 Å². The van der Waals surface area contributed by atoms with Gasteiger partial charge in [0.25, 0.3) is 0 Å². The number of nitrogens with two attached hydrogens (primary N) is 1. The summed E-state index contributed by atoms with van der Waals surface area (Å²) in [5, 5.41) is 9.23. The van der Waals surface area contributed by atoms with Crippen molar-refractivity contribution in [3.8, 4) is 6.07 Å². The first-order chi connectivity index (χ1) is 15.5. The second kappa shape index (κ2) is 9.73. The molecule has 2 aromatic rings. The second-order valence-electron chi connectivity index (χ2n) is 9.68. The van der Waals surface area contributed by atoms with Crippen molar-refractivity contribution in [2.24, 2.45) is 5.41 Å². The van der Waals surface area contributed by atoms with Crippen molar-refractivity contribution in [1.82, 2.24) is 9.97 Å². The molecule has 1 atom stereocenters. The zero-order valence-electron chi connectivity index (χ0n) is 19.5. The number of allylic oxidation sites excluding steroid dienone is 1. The van der Waals surface area contributed by atoms with Gasteiger partial charge in [-0.15, -0.1) is 0 Å². The van der Waals surface area contributed by atoms with Crippen molar-refractivity contribution in [1.29, 1.82) is 5.26 Å². The first kappa shape index (κ1) is 22.3. The monoisotopic (exact) mass is 429 g/mol. The molecule has 1 aliphatic heterocycles. The molecule has 0 spiro atoms. The second-order valence-corrected chi connectivity index (χ2v) is 9.68. The van der Waals surface area contributed by atoms with E-state index in [2.05, 4.69) is 43.0 Å². The Labute approximate surface area is 192 Å². The van der Waals surface area contributed by atoms with Gasteiger partial charge >= 0.3 is 0 Å². The molecule has 0 radical (unpaired) electrons. The van der Waals surface area contributed by atoms with E-state index < -0.39 is 0 Å². The van der Waals surface area contributed by atoms with Crippen molar-refractivity contribution in [2.75, 3.05) is 23.7 Å². The summed E-state index contributed by atoms with van der Waals surface area (Å²) < 4.78 is 0. The average Bonchev–Trinajstić information content (AvgIpc) is 3.08. The van der Waals surface area contributed by atoms with Crippen LogP contribution in [0.25, 0.3) is 0 Å². The minimum Gasteiger partial charge on any atom is -0.398 e. The third-order valence-corrected chi connectivity index (χ3v) is 7.08. The van der Waals surface area contributed by atoms with Crippen molar-refractivity contribution in [3.63, 3.8) is 0 Å². The number of hydrogen-bond acceptors (Lipinski definition) is 5. The predicted octanol–water partition coefficient (Wildman–Crippen LogP) is 5.17. The Bertz CT molecular complexity index is 1040. The quantitative estimate of drug-likeness (QED) is 0.506. The molecule has 5 nitrogen and oxygen atoms in total. The van der Waals surface area contributed by atoms with Crippen LogP contribution in [-0.2, 0) is 25.7 Å². The summed E-state index contributed by atoms with van der Waals surface area (Å²) in [6, 6.07) is 8.04. The van der Waals surface area contributed by atoms with Crippen LogP contribution in [0.15, 0.2) is 30.4 Å². The van der Waals surface area contributed by atoms with E-state index in [4.69, 9.17) is 15.7 Å². The highest BCUT2D eigenvalue weighted by Gasteiger charge is 2.33. The van der Waals surface area contributed by atoms with Gasteiger partial charge in [0.15, 0.2) is 0 Å². The van der Waals surface area contributed by atoms with Gasteiger partial charge in [0.1, 0.15) is 17.7 Å². The fourth-order valence-corrected chi connectivity index (χ4v) is 5.10. The molecule has 1 aromatic carbocycles. The summed E-state index contributed by atoms with van der Waals surface area (Å²) in [7, 11) is 0. The van der Waals surface area contributed by atoms with Crippen LogP contribution in [-0.4, -0.2) is 23.1 Å². The van der Waals surface area contributed by atoms with Crippen molar-refractivity contribution >= 4 is 11.5 Å². The van der Waals surface area contributed by atoms with Crippen molar-refractivity contribution in [2.45, 2.75) is 71.6 Å². The van der Waals surface area contributed by atoms with Crippen LogP contribution in [0.2, 0.25) is 0 Å². The fourth-order valence-electron chi connectivity index (χ4n) is 5.10. The minimum absolute atomic E-state index is 0.258. The van der Waals surface area contributed by atoms with Crippen molar-refractivity contribution < 1.29 is 0 Å². The summed E-state index contributed by atoms with van der Waals surface area (Å²) in [6.45, 7) is 6.60. The van der Waals surface area contributed by atoms with Gasteiger partial charge in [0, 0.05) is 36.5 Å². The molecule has 1 aromatic heterocycles. The van der Waals surface area contributed by atoms with Crippen molar-refractivity contribution in [3.05, 3.63) is 58.6 Å². The highest BCUT2D eigenvalue weighted by molar-refractivity contribution is 5.55. The number of anilines is 2. The Morgan fingerprint density at radius 1 is 1.25 bits per heavy atom. The van der Waals surface area contributed by atoms with Crippen LogP contribution < -0.4 is 10.6 Å². The number of hydrogen-bond donors (Lipinski definition) is 1. The summed E-state index contributed by atoms with van der Waals surface area (Å²) in [5.41, 5.74) is 11.1. The number of nitriles is 1. The van der Waals surface area contributed by atoms with E-state index in [1.54, 1.807) is 0 Å². The lowest BCUT2D eigenvalue weighted by molar-refractivity contribution is 0.245. The van der Waals surface area contributed by atoms with Crippen LogP contribution in [0.5, 0.6) is 0 Å². The lowest BCUT2D eigenvalue weighted by Gasteiger charge is -2.36.